The van der Waals surface area contributed by atoms with Gasteiger partial charge in [0.15, 0.2) is 0 Å². The minimum absolute atomic E-state index is 0.399. The van der Waals surface area contributed by atoms with Crippen LogP contribution in [0, 0.1) is 11.8 Å². The molecule has 5 aliphatic heterocycles. The van der Waals surface area contributed by atoms with E-state index in [1.165, 1.54) is 31.5 Å². The summed E-state index contributed by atoms with van der Waals surface area (Å²) >= 11 is 0. The fraction of sp³-hybridized carbons (Fsp3) is 0.682. The number of hydrogen-bond donors (Lipinski definition) is 2. The first-order valence-corrected chi connectivity index (χ1v) is 10.9. The molecule has 0 aliphatic carbocycles. The average molecular weight is 369 g/mol. The molecule has 27 heavy (non-hydrogen) atoms. The second kappa shape index (κ2) is 7.53. The molecule has 5 nitrogen and oxygen atoms in total. The van der Waals surface area contributed by atoms with Gasteiger partial charge in [-0.1, -0.05) is 30.3 Å². The Kier molecular flexibility index (Phi) is 4.92. The van der Waals surface area contributed by atoms with Gasteiger partial charge in [0, 0.05) is 38.0 Å². The normalized spacial score (nSPS) is 35.6. The molecular formula is C22H32N4O. The first-order valence-electron chi connectivity index (χ1n) is 10.9. The summed E-state index contributed by atoms with van der Waals surface area (Å²) in [6, 6.07) is 11.9. The predicted octanol–water partition coefficient (Wildman–Crippen LogP) is 1.97. The third-order valence-corrected chi connectivity index (χ3v) is 7.45. The van der Waals surface area contributed by atoms with Crippen LogP contribution in [0.5, 0.6) is 0 Å². The number of benzene rings is 1. The van der Waals surface area contributed by atoms with Crippen LogP contribution in [0.25, 0.3) is 0 Å². The van der Waals surface area contributed by atoms with Crippen molar-refractivity contribution in [2.24, 2.45) is 11.8 Å². The van der Waals surface area contributed by atoms with Crippen LogP contribution >= 0.6 is 0 Å². The van der Waals surface area contributed by atoms with Crippen molar-refractivity contribution in [3.8, 4) is 0 Å². The second-order valence-electron chi connectivity index (χ2n) is 8.94. The number of nitrogens with one attached hydrogen (secondary N) is 2. The molecule has 0 aromatic heterocycles. The third kappa shape index (κ3) is 3.30. The molecule has 5 heteroatoms. The third-order valence-electron chi connectivity index (χ3n) is 7.45. The Morgan fingerprint density at radius 3 is 2.52 bits per heavy atom. The van der Waals surface area contributed by atoms with E-state index in [1.54, 1.807) is 0 Å². The molecule has 2 bridgehead atoms. The van der Waals surface area contributed by atoms with Crippen LogP contribution in [-0.4, -0.2) is 60.5 Å². The molecule has 1 amide bonds. The Balaban J connectivity index is 1.30. The number of hydrazine groups is 1. The van der Waals surface area contributed by atoms with Crippen LogP contribution in [-0.2, 0) is 4.79 Å². The molecule has 0 unspecified atom stereocenters. The zero-order valence-corrected chi connectivity index (χ0v) is 16.1. The Morgan fingerprint density at radius 2 is 1.78 bits per heavy atom. The summed E-state index contributed by atoms with van der Waals surface area (Å²) in [4.78, 5) is 18.2. The van der Waals surface area contributed by atoms with Gasteiger partial charge in [0.1, 0.15) is 0 Å². The fourth-order valence-corrected chi connectivity index (χ4v) is 6.09. The summed E-state index contributed by atoms with van der Waals surface area (Å²) in [6.07, 6.45) is 5.42. The van der Waals surface area contributed by atoms with Crippen molar-refractivity contribution in [1.82, 2.24) is 20.7 Å². The van der Waals surface area contributed by atoms with E-state index in [0.717, 1.165) is 32.5 Å². The molecule has 6 rings (SSSR count). The SMILES string of the molecule is O=C(CCCC1CNNC1)N1C[C@H](c2ccccc2)[C@@H]2[C@H]1C1CCN2CC1. The summed E-state index contributed by atoms with van der Waals surface area (Å²) in [5.41, 5.74) is 7.80. The largest absolute Gasteiger partial charge is 0.337 e. The van der Waals surface area contributed by atoms with E-state index in [1.807, 2.05) is 0 Å². The van der Waals surface area contributed by atoms with Crippen LogP contribution < -0.4 is 10.9 Å². The predicted molar refractivity (Wildman–Crippen MR) is 106 cm³/mol. The highest BCUT2D eigenvalue weighted by molar-refractivity contribution is 5.77. The van der Waals surface area contributed by atoms with Gasteiger partial charge in [0.2, 0.25) is 5.91 Å². The van der Waals surface area contributed by atoms with E-state index in [-0.39, 0.29) is 0 Å². The molecule has 2 N–H and O–H groups in total. The quantitative estimate of drug-likeness (QED) is 0.834. The molecule has 0 saturated carbocycles. The van der Waals surface area contributed by atoms with Crippen LogP contribution in [0.15, 0.2) is 30.3 Å². The lowest BCUT2D eigenvalue weighted by Crippen LogP contribution is -2.60. The number of carbonyl (C=O) groups is 1. The monoisotopic (exact) mass is 368 g/mol. The number of nitrogens with zero attached hydrogens (tertiary/aromatic N) is 2. The number of amides is 1. The Morgan fingerprint density at radius 1 is 1.04 bits per heavy atom. The molecule has 0 radical (unpaired) electrons. The van der Waals surface area contributed by atoms with Crippen molar-refractivity contribution >= 4 is 5.91 Å². The summed E-state index contributed by atoms with van der Waals surface area (Å²) in [5, 5.41) is 0. The van der Waals surface area contributed by atoms with E-state index in [9.17, 15) is 4.79 Å². The van der Waals surface area contributed by atoms with Crippen molar-refractivity contribution < 1.29 is 4.79 Å². The van der Waals surface area contributed by atoms with Gasteiger partial charge in [0.25, 0.3) is 0 Å². The molecule has 3 atom stereocenters. The van der Waals surface area contributed by atoms with Gasteiger partial charge < -0.3 is 4.90 Å². The topological polar surface area (TPSA) is 47.6 Å². The summed E-state index contributed by atoms with van der Waals surface area (Å²) in [6.45, 7) is 5.43. The van der Waals surface area contributed by atoms with E-state index in [0.29, 0.717) is 42.2 Å². The number of hydrogen-bond acceptors (Lipinski definition) is 4. The second-order valence-corrected chi connectivity index (χ2v) is 8.94. The van der Waals surface area contributed by atoms with Gasteiger partial charge in [-0.2, -0.15) is 0 Å². The fourth-order valence-electron chi connectivity index (χ4n) is 6.09. The van der Waals surface area contributed by atoms with Gasteiger partial charge in [-0.25, -0.2) is 0 Å². The van der Waals surface area contributed by atoms with Crippen molar-refractivity contribution in [2.75, 3.05) is 32.7 Å². The van der Waals surface area contributed by atoms with Gasteiger partial charge in [-0.15, -0.1) is 0 Å². The number of rotatable bonds is 5. The zero-order chi connectivity index (χ0) is 18.2. The number of likely N-dealkylation sites (tertiary alicyclic amines) is 1. The van der Waals surface area contributed by atoms with Gasteiger partial charge in [0.05, 0.1) is 6.04 Å². The number of piperidine rings is 3. The smallest absolute Gasteiger partial charge is 0.222 e. The molecule has 5 saturated heterocycles. The minimum Gasteiger partial charge on any atom is -0.337 e. The lowest BCUT2D eigenvalue weighted by Gasteiger charge is -2.51. The van der Waals surface area contributed by atoms with E-state index in [4.69, 9.17) is 0 Å². The molecule has 5 fully saturated rings. The standard InChI is InChI=1S/C22H32N4O/c27-20(8-4-5-16-13-23-24-14-16)26-15-19(17-6-2-1-3-7-17)22-21(26)18-9-11-25(22)12-10-18/h1-3,6-7,16,18-19,21-24H,4-5,8-15H2/t19-,21-,22-/m1/s1. The van der Waals surface area contributed by atoms with Crippen molar-refractivity contribution in [3.63, 3.8) is 0 Å². The molecule has 5 heterocycles. The maximum atomic E-state index is 13.2. The first-order chi connectivity index (χ1) is 13.3. The van der Waals surface area contributed by atoms with Crippen molar-refractivity contribution in [2.45, 2.75) is 50.1 Å². The molecule has 5 aliphatic rings. The van der Waals surface area contributed by atoms with Crippen LogP contribution in [0.3, 0.4) is 0 Å². The average Bonchev–Trinajstić information content (AvgIpc) is 3.38. The van der Waals surface area contributed by atoms with Gasteiger partial charge in [-0.3, -0.25) is 20.5 Å². The number of fused-ring (bicyclic) bond motifs is 2. The highest BCUT2D eigenvalue weighted by Gasteiger charge is 2.54. The maximum absolute atomic E-state index is 13.2. The van der Waals surface area contributed by atoms with Gasteiger partial charge >= 0.3 is 0 Å². The lowest BCUT2D eigenvalue weighted by molar-refractivity contribution is -0.136. The summed E-state index contributed by atoms with van der Waals surface area (Å²) in [7, 11) is 0. The Labute approximate surface area is 162 Å². The molecule has 0 spiro atoms. The Hall–Kier alpha value is -1.43. The van der Waals surface area contributed by atoms with Crippen LogP contribution in [0.4, 0.5) is 0 Å². The van der Waals surface area contributed by atoms with Crippen LogP contribution in [0.2, 0.25) is 0 Å². The highest BCUT2D eigenvalue weighted by Crippen LogP contribution is 2.46. The minimum atomic E-state index is 0.399. The lowest BCUT2D eigenvalue weighted by atomic mass is 9.75. The molecule has 1 aromatic carbocycles. The van der Waals surface area contributed by atoms with E-state index in [2.05, 4.69) is 51.0 Å². The van der Waals surface area contributed by atoms with Crippen LogP contribution in [0.1, 0.15) is 43.6 Å². The molecule has 146 valence electrons. The first kappa shape index (κ1) is 17.7. The molecule has 1 aromatic rings. The number of carbonyl (C=O) groups excluding carboxylic acids is 1. The molecular weight excluding hydrogens is 336 g/mol. The van der Waals surface area contributed by atoms with Crippen molar-refractivity contribution in [1.29, 1.82) is 0 Å². The van der Waals surface area contributed by atoms with Gasteiger partial charge in [-0.05, 0) is 56.2 Å². The van der Waals surface area contributed by atoms with E-state index >= 15 is 0 Å². The van der Waals surface area contributed by atoms with Crippen molar-refractivity contribution in [3.05, 3.63) is 35.9 Å². The Bertz CT molecular complexity index is 652. The maximum Gasteiger partial charge on any atom is 0.222 e. The van der Waals surface area contributed by atoms with E-state index < -0.39 is 0 Å². The summed E-state index contributed by atoms with van der Waals surface area (Å²) < 4.78 is 0. The zero-order valence-electron chi connectivity index (χ0n) is 16.1. The summed E-state index contributed by atoms with van der Waals surface area (Å²) in [5.74, 6) is 2.27. The highest BCUT2D eigenvalue weighted by atomic mass is 16.2.